The van der Waals surface area contributed by atoms with E-state index in [2.05, 4.69) is 18.9 Å². The summed E-state index contributed by atoms with van der Waals surface area (Å²) in [5, 5.41) is 49.6. The zero-order valence-electron chi connectivity index (χ0n) is 33.3. The van der Waals surface area contributed by atoms with E-state index in [1.807, 2.05) is 0 Å². The van der Waals surface area contributed by atoms with E-state index in [1.165, 1.54) is 0 Å². The molecular weight excluding hydrogens is 828 g/mol. The van der Waals surface area contributed by atoms with E-state index in [9.17, 15) is 67.1 Å². The van der Waals surface area contributed by atoms with Crippen molar-refractivity contribution in [2.75, 3.05) is 0 Å². The van der Waals surface area contributed by atoms with Crippen LogP contribution in [0.15, 0.2) is 0 Å². The van der Waals surface area contributed by atoms with E-state index in [1.54, 1.807) is 0 Å². The standard InChI is InChI=1S/2C16H22O10.C5H8O4/c2*17-11(18)7-9-15(23)25-13(21)5-3-1-2-4-6-14(22)26-16(24)10-8-12(19)20;6-4(7)2-1-3-5(8)9/h2*1-10H2,(H,17,18)(H,19,20);1-3H2,(H,6,7)(H,8,9). The topological polar surface area (TPSA) is 397 Å². The number of hydrogen-bond acceptors (Lipinski definition) is 18. The van der Waals surface area contributed by atoms with Crippen molar-refractivity contribution in [2.45, 2.75) is 148 Å². The van der Waals surface area contributed by atoms with Crippen molar-refractivity contribution >= 4 is 83.6 Å². The molecule has 61 heavy (non-hydrogen) atoms. The molecule has 0 spiro atoms. The number of esters is 8. The fourth-order valence-electron chi connectivity index (χ4n) is 3.93. The van der Waals surface area contributed by atoms with Gasteiger partial charge in [0.25, 0.3) is 0 Å². The second-order valence-electron chi connectivity index (χ2n) is 12.4. The van der Waals surface area contributed by atoms with Gasteiger partial charge in [-0.1, -0.05) is 25.7 Å². The molecule has 344 valence electrons. The number of aliphatic carboxylic acids is 6. The van der Waals surface area contributed by atoms with E-state index < -0.39 is 109 Å². The summed E-state index contributed by atoms with van der Waals surface area (Å²) in [4.78, 5) is 150. The lowest BCUT2D eigenvalue weighted by molar-refractivity contribution is -0.162. The molecule has 0 bridgehead atoms. The monoisotopic (exact) mass is 880 g/mol. The van der Waals surface area contributed by atoms with Crippen LogP contribution in [0.5, 0.6) is 0 Å². The molecule has 0 aliphatic rings. The van der Waals surface area contributed by atoms with Gasteiger partial charge < -0.3 is 49.6 Å². The molecule has 0 aromatic heterocycles. The number of hydrogen-bond donors (Lipinski definition) is 6. The lowest BCUT2D eigenvalue weighted by Gasteiger charge is -2.03. The van der Waals surface area contributed by atoms with Crippen LogP contribution in [0.4, 0.5) is 0 Å². The summed E-state index contributed by atoms with van der Waals surface area (Å²) in [6, 6.07) is 0. The number of carboxylic acids is 6. The van der Waals surface area contributed by atoms with Gasteiger partial charge in [0.1, 0.15) is 0 Å². The number of carbonyl (C=O) groups excluding carboxylic acids is 8. The van der Waals surface area contributed by atoms with Crippen LogP contribution in [-0.4, -0.2) is 114 Å². The summed E-state index contributed by atoms with van der Waals surface area (Å²) in [7, 11) is 0. The van der Waals surface area contributed by atoms with Crippen LogP contribution >= 0.6 is 0 Å². The molecule has 0 rings (SSSR count). The van der Waals surface area contributed by atoms with Gasteiger partial charge in [0, 0.05) is 38.5 Å². The van der Waals surface area contributed by atoms with Crippen molar-refractivity contribution in [3.05, 3.63) is 0 Å². The minimum atomic E-state index is -1.16. The summed E-state index contributed by atoms with van der Waals surface area (Å²) in [6.45, 7) is 0. The Morgan fingerprint density at radius 2 is 0.361 bits per heavy atom. The molecular formula is C37H52O24. The molecule has 0 fully saturated rings. The quantitative estimate of drug-likeness (QED) is 0.0261. The Morgan fingerprint density at radius 1 is 0.197 bits per heavy atom. The summed E-state index contributed by atoms with van der Waals surface area (Å²) < 4.78 is 17.7. The van der Waals surface area contributed by atoms with Gasteiger partial charge in [0.05, 0.1) is 51.4 Å². The molecule has 0 aliphatic heterocycles. The van der Waals surface area contributed by atoms with Crippen LogP contribution in [-0.2, 0) is 86.1 Å². The van der Waals surface area contributed by atoms with Gasteiger partial charge >= 0.3 is 83.6 Å². The highest BCUT2D eigenvalue weighted by Gasteiger charge is 2.15. The minimum Gasteiger partial charge on any atom is -0.481 e. The zero-order valence-corrected chi connectivity index (χ0v) is 33.3. The van der Waals surface area contributed by atoms with Crippen LogP contribution in [0.2, 0.25) is 0 Å². The molecule has 6 N–H and O–H groups in total. The van der Waals surface area contributed by atoms with Crippen molar-refractivity contribution in [1.82, 2.24) is 0 Å². The third-order valence-corrected chi connectivity index (χ3v) is 6.89. The molecule has 0 radical (unpaired) electrons. The Labute approximate surface area is 347 Å². The van der Waals surface area contributed by atoms with Crippen molar-refractivity contribution in [2.24, 2.45) is 0 Å². The van der Waals surface area contributed by atoms with E-state index in [4.69, 9.17) is 30.6 Å². The van der Waals surface area contributed by atoms with Gasteiger partial charge in [-0.15, -0.1) is 0 Å². The average molecular weight is 881 g/mol. The molecule has 0 aromatic rings. The van der Waals surface area contributed by atoms with E-state index >= 15 is 0 Å². The zero-order chi connectivity index (χ0) is 47.2. The molecule has 24 nitrogen and oxygen atoms in total. The normalized spacial score (nSPS) is 9.84. The van der Waals surface area contributed by atoms with Crippen LogP contribution < -0.4 is 0 Å². The number of unbranched alkanes of at least 4 members (excludes halogenated alkanes) is 6. The van der Waals surface area contributed by atoms with Gasteiger partial charge in [0.15, 0.2) is 0 Å². The highest BCUT2D eigenvalue weighted by atomic mass is 16.6. The average Bonchev–Trinajstić information content (AvgIpc) is 3.14. The Kier molecular flexibility index (Phi) is 36.2. The van der Waals surface area contributed by atoms with Crippen molar-refractivity contribution in [3.63, 3.8) is 0 Å². The predicted octanol–water partition coefficient (Wildman–Crippen LogP) is 2.72. The lowest BCUT2D eigenvalue weighted by atomic mass is 10.1. The summed E-state index contributed by atoms with van der Waals surface area (Å²) in [5.74, 6) is -13.0. The largest absolute Gasteiger partial charge is 0.481 e. The Balaban J connectivity index is -0.000000918. The molecule has 0 unspecified atom stereocenters. The molecule has 0 saturated carbocycles. The molecule has 24 heteroatoms. The molecule has 0 aliphatic carbocycles. The maximum atomic E-state index is 11.3. The Morgan fingerprint density at radius 3 is 0.525 bits per heavy atom. The first-order valence-electron chi connectivity index (χ1n) is 18.8. The third-order valence-electron chi connectivity index (χ3n) is 6.89. The first-order chi connectivity index (χ1) is 28.5. The van der Waals surface area contributed by atoms with Gasteiger partial charge in [-0.2, -0.15) is 0 Å². The lowest BCUT2D eigenvalue weighted by Crippen LogP contribution is -2.13. The first kappa shape index (κ1) is 58.7. The maximum absolute atomic E-state index is 11.3. The van der Waals surface area contributed by atoms with Crippen molar-refractivity contribution < 1.29 is 117 Å². The van der Waals surface area contributed by atoms with Crippen LogP contribution in [0, 0.1) is 0 Å². The van der Waals surface area contributed by atoms with E-state index in [0.29, 0.717) is 51.4 Å². The number of carboxylic acid groups (broad SMARTS) is 6. The summed E-state index contributed by atoms with van der Waals surface area (Å²) >= 11 is 0. The van der Waals surface area contributed by atoms with Crippen molar-refractivity contribution in [1.29, 1.82) is 0 Å². The van der Waals surface area contributed by atoms with E-state index in [-0.39, 0.29) is 70.6 Å². The number of carbonyl (C=O) groups is 14. The smallest absolute Gasteiger partial charge is 0.314 e. The van der Waals surface area contributed by atoms with Gasteiger partial charge in [-0.05, 0) is 32.1 Å². The number of rotatable bonds is 30. The molecule has 0 saturated heterocycles. The molecule has 0 amide bonds. The molecule has 0 aromatic carbocycles. The SMILES string of the molecule is O=C(O)CCC(=O)OC(=O)CCCCCCC(=O)OC(=O)CCC(=O)O.O=C(O)CCC(=O)OC(=O)CCCCCCC(=O)OC(=O)CCC(=O)O.O=C(O)CCCC(=O)O. The van der Waals surface area contributed by atoms with E-state index in [0.717, 1.165) is 0 Å². The van der Waals surface area contributed by atoms with Gasteiger partial charge in [-0.25, -0.2) is 0 Å². The number of ether oxygens (including phenoxy) is 4. The predicted molar refractivity (Wildman–Crippen MR) is 196 cm³/mol. The fraction of sp³-hybridized carbons (Fsp3) is 0.622. The minimum absolute atomic E-state index is 0.00304. The van der Waals surface area contributed by atoms with Gasteiger partial charge in [-0.3, -0.25) is 67.1 Å². The summed E-state index contributed by atoms with van der Waals surface area (Å²) in [5.41, 5.74) is 0. The van der Waals surface area contributed by atoms with Crippen LogP contribution in [0.1, 0.15) is 148 Å². The fourth-order valence-corrected chi connectivity index (χ4v) is 3.93. The second kappa shape index (κ2) is 37.6. The Hall–Kier alpha value is -6.62. The maximum Gasteiger partial charge on any atom is 0.314 e. The first-order valence-corrected chi connectivity index (χ1v) is 18.8. The van der Waals surface area contributed by atoms with Crippen LogP contribution in [0.3, 0.4) is 0 Å². The molecule has 0 heterocycles. The highest BCUT2D eigenvalue weighted by Crippen LogP contribution is 2.10. The van der Waals surface area contributed by atoms with Crippen LogP contribution in [0.25, 0.3) is 0 Å². The highest BCUT2D eigenvalue weighted by molar-refractivity contribution is 5.89. The van der Waals surface area contributed by atoms with Gasteiger partial charge in [0.2, 0.25) is 0 Å². The molecule has 0 atom stereocenters. The third kappa shape index (κ3) is 49.5. The summed E-state index contributed by atoms with van der Waals surface area (Å²) in [6.07, 6.45) is 1.04. The second-order valence-corrected chi connectivity index (χ2v) is 12.4. The van der Waals surface area contributed by atoms with Crippen molar-refractivity contribution in [3.8, 4) is 0 Å². The Bertz CT molecular complexity index is 1310.